The molecule has 46 heavy (non-hydrogen) atoms. The van der Waals surface area contributed by atoms with Gasteiger partial charge in [-0.15, -0.1) is 0 Å². The number of fused-ring (bicyclic) bond motifs is 7. The van der Waals surface area contributed by atoms with Gasteiger partial charge in [-0.25, -0.2) is 0 Å². The molecule has 1 aromatic heterocycles. The summed E-state index contributed by atoms with van der Waals surface area (Å²) >= 11 is 0.139. The molecule has 0 N–H and O–H groups in total. The second-order valence-electron chi connectivity index (χ2n) is 13.0. The summed E-state index contributed by atoms with van der Waals surface area (Å²) in [5.41, 5.74) is 16.5. The minimum absolute atomic E-state index is 0.139. The first-order valence-electron chi connectivity index (χ1n) is 16.5. The fourth-order valence-electron chi connectivity index (χ4n) is 8.13. The normalized spacial score (nSPS) is 14.7. The monoisotopic (exact) mass is 661 g/mol. The summed E-state index contributed by atoms with van der Waals surface area (Å²) in [6.07, 6.45) is 9.33. The molecule has 0 saturated carbocycles. The van der Waals surface area contributed by atoms with Gasteiger partial charge in [0.1, 0.15) is 0 Å². The molecule has 2 aliphatic heterocycles. The third-order valence-corrected chi connectivity index (χ3v) is 12.6. The molecule has 0 saturated heterocycles. The number of hydrogen-bond acceptors (Lipinski definition) is 2. The van der Waals surface area contributed by atoms with Crippen molar-refractivity contribution in [3.63, 3.8) is 0 Å². The van der Waals surface area contributed by atoms with Gasteiger partial charge in [-0.05, 0) is 0 Å². The fraction of sp³-hybridized carbons (Fsp3) is 0.171. The predicted octanol–water partition coefficient (Wildman–Crippen LogP) is 5.88. The van der Waals surface area contributed by atoms with Gasteiger partial charge in [-0.1, -0.05) is 0 Å². The fourth-order valence-corrected chi connectivity index (χ4v) is 10.9. The topological polar surface area (TPSA) is 11.4 Å². The molecule has 0 fully saturated rings. The van der Waals surface area contributed by atoms with Crippen LogP contribution < -0.4 is 35.1 Å². The van der Waals surface area contributed by atoms with Crippen LogP contribution in [0.5, 0.6) is 0 Å². The average Bonchev–Trinajstić information content (AvgIpc) is 3.42. The van der Waals surface area contributed by atoms with Crippen LogP contribution in [0.25, 0.3) is 22.7 Å². The Morgan fingerprint density at radius 1 is 0.761 bits per heavy atom. The van der Waals surface area contributed by atoms with Crippen LogP contribution >= 0.6 is 0 Å². The van der Waals surface area contributed by atoms with Gasteiger partial charge < -0.3 is 0 Å². The number of rotatable bonds is 4. The van der Waals surface area contributed by atoms with E-state index in [9.17, 15) is 0 Å². The van der Waals surface area contributed by atoms with Crippen molar-refractivity contribution in [3.05, 3.63) is 126 Å². The SMILES string of the molecule is C/C=C/c1cc2c3c(c1)N(c1ccccc1)c1cc(N(C)C)ccc1B3c1cccc(-n3c4c(c5ccccc53)CCCC4)c1[Se]2. The van der Waals surface area contributed by atoms with E-state index in [4.69, 9.17) is 0 Å². The van der Waals surface area contributed by atoms with Crippen LogP contribution in [0.2, 0.25) is 0 Å². The molecule has 0 radical (unpaired) electrons. The van der Waals surface area contributed by atoms with Gasteiger partial charge in [0.05, 0.1) is 0 Å². The van der Waals surface area contributed by atoms with Crippen LogP contribution in [-0.4, -0.2) is 40.3 Å². The first kappa shape index (κ1) is 27.8. The second-order valence-corrected chi connectivity index (χ2v) is 15.2. The molecule has 0 spiro atoms. The van der Waals surface area contributed by atoms with Gasteiger partial charge in [0.15, 0.2) is 0 Å². The summed E-state index contributed by atoms with van der Waals surface area (Å²) in [5.74, 6) is 0. The Bertz CT molecular complexity index is 2200. The molecule has 1 aliphatic carbocycles. The van der Waals surface area contributed by atoms with E-state index in [1.165, 1.54) is 95.2 Å². The van der Waals surface area contributed by atoms with E-state index in [-0.39, 0.29) is 21.7 Å². The predicted molar refractivity (Wildman–Crippen MR) is 200 cm³/mol. The zero-order valence-corrected chi connectivity index (χ0v) is 28.3. The van der Waals surface area contributed by atoms with E-state index in [1.807, 2.05) is 0 Å². The van der Waals surface area contributed by atoms with E-state index in [0.29, 0.717) is 0 Å². The van der Waals surface area contributed by atoms with Crippen molar-refractivity contribution in [3.8, 4) is 5.69 Å². The summed E-state index contributed by atoms with van der Waals surface area (Å²) in [4.78, 5) is 4.74. The number of nitrogens with zero attached hydrogens (tertiary/aromatic N) is 3. The number of benzene rings is 5. The van der Waals surface area contributed by atoms with Gasteiger partial charge in [-0.3, -0.25) is 0 Å². The van der Waals surface area contributed by atoms with Crippen molar-refractivity contribution in [2.75, 3.05) is 23.9 Å². The summed E-state index contributed by atoms with van der Waals surface area (Å²) in [6, 6.07) is 39.2. The Kier molecular flexibility index (Phi) is 6.56. The number of aryl methyl sites for hydroxylation is 1. The molecule has 9 rings (SSSR count). The molecule has 3 heterocycles. The van der Waals surface area contributed by atoms with Crippen LogP contribution in [0.3, 0.4) is 0 Å². The number of aromatic nitrogens is 1. The summed E-state index contributed by atoms with van der Waals surface area (Å²) in [6.45, 7) is 2.30. The summed E-state index contributed by atoms with van der Waals surface area (Å²) in [7, 11) is 4.28. The molecule has 0 atom stereocenters. The van der Waals surface area contributed by atoms with Crippen molar-refractivity contribution < 1.29 is 0 Å². The van der Waals surface area contributed by atoms with Crippen LogP contribution in [-0.2, 0) is 12.8 Å². The molecule has 5 aromatic carbocycles. The van der Waals surface area contributed by atoms with Crippen LogP contribution in [0.4, 0.5) is 22.7 Å². The van der Waals surface area contributed by atoms with Gasteiger partial charge in [0, 0.05) is 0 Å². The maximum absolute atomic E-state index is 2.65. The average molecular weight is 661 g/mol. The van der Waals surface area contributed by atoms with E-state index < -0.39 is 0 Å². The molecular weight excluding hydrogens is 624 g/mol. The Morgan fingerprint density at radius 2 is 1.59 bits per heavy atom. The third kappa shape index (κ3) is 4.12. The van der Waals surface area contributed by atoms with E-state index in [0.717, 1.165) is 6.42 Å². The van der Waals surface area contributed by atoms with Crippen LogP contribution in [0.15, 0.2) is 109 Å². The van der Waals surface area contributed by atoms with Crippen molar-refractivity contribution in [1.29, 1.82) is 0 Å². The third-order valence-electron chi connectivity index (χ3n) is 10.1. The molecular formula is C41H36BN3Se. The minimum atomic E-state index is 0.139. The van der Waals surface area contributed by atoms with Gasteiger partial charge >= 0.3 is 279 Å². The van der Waals surface area contributed by atoms with E-state index in [2.05, 4.69) is 151 Å². The van der Waals surface area contributed by atoms with E-state index >= 15 is 0 Å². The molecule has 3 nitrogen and oxygen atoms in total. The van der Waals surface area contributed by atoms with E-state index in [1.54, 1.807) is 5.56 Å². The molecule has 224 valence electrons. The molecule has 5 heteroatoms. The maximum atomic E-state index is 2.65. The summed E-state index contributed by atoms with van der Waals surface area (Å²) in [5, 5.41) is 1.44. The first-order valence-corrected chi connectivity index (χ1v) is 18.2. The zero-order chi connectivity index (χ0) is 30.9. The quantitative estimate of drug-likeness (QED) is 0.219. The van der Waals surface area contributed by atoms with Gasteiger partial charge in [0.2, 0.25) is 0 Å². The molecule has 0 amide bonds. The standard InChI is InChI=1S/C41H36BN3Se/c1-4-13-27-24-38-40-39(25-27)46-41-33(18-12-21-36(41)45-34-19-10-8-16-30(34)31-17-9-11-20-35(31)45)42(40)32-23-22-29(43(2)3)26-37(32)44(38)28-14-6-5-7-15-28/h4-8,10,12-16,18-19,21-26H,9,11,17,20H2,1-3H3/b13-4+. The molecule has 0 bridgehead atoms. The number of hydrogen-bond donors (Lipinski definition) is 0. The zero-order valence-electron chi connectivity index (χ0n) is 26.6. The van der Waals surface area contributed by atoms with Gasteiger partial charge in [-0.2, -0.15) is 0 Å². The Morgan fingerprint density at radius 3 is 2.43 bits per heavy atom. The van der Waals surface area contributed by atoms with Crippen molar-refractivity contribution in [1.82, 2.24) is 4.57 Å². The Labute approximate surface area is 278 Å². The molecule has 6 aromatic rings. The van der Waals surface area contributed by atoms with Crippen molar-refractivity contribution in [2.45, 2.75) is 32.6 Å². The van der Waals surface area contributed by atoms with Crippen molar-refractivity contribution >= 4 is 86.7 Å². The Balaban J connectivity index is 1.35. The molecule has 0 unspecified atom stereocenters. The molecule has 3 aliphatic rings. The van der Waals surface area contributed by atoms with Gasteiger partial charge in [0.25, 0.3) is 0 Å². The second kappa shape index (κ2) is 10.8. The summed E-state index contributed by atoms with van der Waals surface area (Å²) < 4.78 is 5.68. The Hall–Kier alpha value is -4.44. The van der Waals surface area contributed by atoms with Crippen molar-refractivity contribution in [2.24, 2.45) is 0 Å². The van der Waals surface area contributed by atoms with Crippen LogP contribution in [0, 0.1) is 0 Å². The number of allylic oxidation sites excluding steroid dienone is 1. The number of anilines is 4. The number of para-hydroxylation sites is 2. The van der Waals surface area contributed by atoms with Crippen LogP contribution in [0.1, 0.15) is 36.6 Å². The first-order chi connectivity index (χ1) is 22.6.